The molecule has 1 fully saturated rings. The number of piperidine rings is 1. The minimum absolute atomic E-state index is 0.867. The lowest BCUT2D eigenvalue weighted by molar-refractivity contribution is -0.170. The standard InChI is InChI=1S/C19H28N4O.C6H8O7/c1-22(11-12-23-9-4-3-5-10-23)15-17-14-20-21-19(17)16-7-6-8-18(13-16)24-2;7-3(8)1-6(13,5(11)12)2-4(9)10/h6-8,13-14H,3-5,9-12,15H2,1-2H3,(H,20,21);13H,1-2H2,(H,7,8)(H,9,10)(H,11,12). The summed E-state index contributed by atoms with van der Waals surface area (Å²) in [4.78, 5) is 35.4. The van der Waals surface area contributed by atoms with E-state index < -0.39 is 36.4 Å². The van der Waals surface area contributed by atoms with Crippen molar-refractivity contribution in [1.82, 2.24) is 20.0 Å². The predicted molar refractivity (Wildman–Crippen MR) is 134 cm³/mol. The second-order valence-electron chi connectivity index (χ2n) is 9.12. The Hall–Kier alpha value is -3.48. The third kappa shape index (κ3) is 9.83. The lowest BCUT2D eigenvalue weighted by atomic mass is 9.96. The highest BCUT2D eigenvalue weighted by atomic mass is 16.5. The van der Waals surface area contributed by atoms with E-state index in [1.807, 2.05) is 24.4 Å². The maximum atomic E-state index is 10.3. The van der Waals surface area contributed by atoms with Gasteiger partial charge in [0.25, 0.3) is 0 Å². The smallest absolute Gasteiger partial charge is 0.336 e. The number of likely N-dealkylation sites (tertiary alicyclic amines) is 1. The Morgan fingerprint density at radius 2 is 1.76 bits per heavy atom. The second-order valence-corrected chi connectivity index (χ2v) is 9.12. The maximum Gasteiger partial charge on any atom is 0.336 e. The van der Waals surface area contributed by atoms with Crippen molar-refractivity contribution in [3.63, 3.8) is 0 Å². The molecule has 1 aromatic heterocycles. The summed E-state index contributed by atoms with van der Waals surface area (Å²) in [7, 11) is 3.88. The molecule has 0 unspecified atom stereocenters. The predicted octanol–water partition coefficient (Wildman–Crippen LogP) is 1.75. The van der Waals surface area contributed by atoms with E-state index in [1.165, 1.54) is 37.9 Å². The van der Waals surface area contributed by atoms with E-state index in [-0.39, 0.29) is 0 Å². The summed E-state index contributed by atoms with van der Waals surface area (Å²) in [6.07, 6.45) is 3.75. The molecule has 0 radical (unpaired) electrons. The molecule has 0 bridgehead atoms. The molecular weight excluding hydrogens is 484 g/mol. The normalized spacial score (nSPS) is 14.1. The number of nitrogens with one attached hydrogen (secondary N) is 1. The monoisotopic (exact) mass is 520 g/mol. The summed E-state index contributed by atoms with van der Waals surface area (Å²) in [5.74, 6) is -4.15. The maximum absolute atomic E-state index is 10.3. The van der Waals surface area contributed by atoms with Crippen LogP contribution in [0.2, 0.25) is 0 Å². The van der Waals surface area contributed by atoms with Crippen LogP contribution in [0, 0.1) is 0 Å². The highest BCUT2D eigenvalue weighted by molar-refractivity contribution is 5.88. The molecule has 0 atom stereocenters. The number of carbonyl (C=O) groups is 3. The van der Waals surface area contributed by atoms with Gasteiger partial charge in [-0.05, 0) is 45.1 Å². The Kier molecular flexibility index (Phi) is 11.5. The summed E-state index contributed by atoms with van der Waals surface area (Å²) >= 11 is 0. The van der Waals surface area contributed by atoms with Gasteiger partial charge in [0.2, 0.25) is 0 Å². The van der Waals surface area contributed by atoms with Crippen molar-refractivity contribution in [3.8, 4) is 17.0 Å². The van der Waals surface area contributed by atoms with Crippen LogP contribution < -0.4 is 4.74 Å². The van der Waals surface area contributed by atoms with Crippen LogP contribution in [0.4, 0.5) is 0 Å². The highest BCUT2D eigenvalue weighted by Crippen LogP contribution is 2.25. The van der Waals surface area contributed by atoms with Crippen LogP contribution in [-0.4, -0.2) is 104 Å². The number of aliphatic hydroxyl groups is 1. The molecule has 2 aromatic rings. The van der Waals surface area contributed by atoms with Gasteiger partial charge in [-0.1, -0.05) is 18.6 Å². The van der Waals surface area contributed by atoms with Crippen molar-refractivity contribution < 1.29 is 39.5 Å². The van der Waals surface area contributed by atoms with Crippen molar-refractivity contribution >= 4 is 17.9 Å². The molecule has 1 aromatic carbocycles. The van der Waals surface area contributed by atoms with Crippen molar-refractivity contribution in [1.29, 1.82) is 0 Å². The summed E-state index contributed by atoms with van der Waals surface area (Å²) < 4.78 is 5.33. The molecule has 12 heteroatoms. The summed E-state index contributed by atoms with van der Waals surface area (Å²) in [6, 6.07) is 8.11. The molecule has 1 saturated heterocycles. The third-order valence-electron chi connectivity index (χ3n) is 6.05. The molecule has 204 valence electrons. The molecule has 37 heavy (non-hydrogen) atoms. The number of hydrogen-bond acceptors (Lipinski definition) is 8. The summed E-state index contributed by atoms with van der Waals surface area (Å²) in [5.41, 5.74) is 0.687. The molecule has 5 N–H and O–H groups in total. The van der Waals surface area contributed by atoms with E-state index in [1.54, 1.807) is 7.11 Å². The average Bonchev–Trinajstić information content (AvgIpc) is 3.31. The van der Waals surface area contributed by atoms with E-state index in [9.17, 15) is 14.4 Å². The van der Waals surface area contributed by atoms with Gasteiger partial charge in [0, 0.05) is 30.8 Å². The van der Waals surface area contributed by atoms with Gasteiger partial charge in [-0.2, -0.15) is 5.10 Å². The molecule has 12 nitrogen and oxygen atoms in total. The Bertz CT molecular complexity index is 1020. The van der Waals surface area contributed by atoms with Gasteiger partial charge in [-0.3, -0.25) is 14.7 Å². The van der Waals surface area contributed by atoms with Crippen molar-refractivity contribution in [2.24, 2.45) is 0 Å². The zero-order valence-corrected chi connectivity index (χ0v) is 21.2. The number of nitrogens with zero attached hydrogens (tertiary/aromatic N) is 3. The zero-order chi connectivity index (χ0) is 27.4. The number of hydrogen-bond donors (Lipinski definition) is 5. The number of benzene rings is 1. The first-order chi connectivity index (χ1) is 17.5. The zero-order valence-electron chi connectivity index (χ0n) is 21.2. The SMILES string of the molecule is COc1cccc(-c2[nH]ncc2CN(C)CCN2CCCCC2)c1.O=C(O)CC(O)(CC(=O)O)C(=O)O. The largest absolute Gasteiger partial charge is 0.497 e. The van der Waals surface area contributed by atoms with Gasteiger partial charge in [0.15, 0.2) is 5.60 Å². The number of aromatic amines is 1. The number of carboxylic acids is 3. The minimum Gasteiger partial charge on any atom is -0.497 e. The highest BCUT2D eigenvalue weighted by Gasteiger charge is 2.40. The number of aromatic nitrogens is 2. The summed E-state index contributed by atoms with van der Waals surface area (Å²) in [5, 5.41) is 41.2. The van der Waals surface area contributed by atoms with Crippen LogP contribution in [0.3, 0.4) is 0 Å². The van der Waals surface area contributed by atoms with Gasteiger partial charge in [0.05, 0.1) is 31.8 Å². The topological polar surface area (TPSA) is 177 Å². The molecule has 0 saturated carbocycles. The number of H-pyrrole nitrogens is 1. The molecule has 0 amide bonds. The van der Waals surface area contributed by atoms with E-state index in [0.717, 1.165) is 36.6 Å². The van der Waals surface area contributed by atoms with Gasteiger partial charge in [-0.15, -0.1) is 0 Å². The van der Waals surface area contributed by atoms with E-state index in [4.69, 9.17) is 25.2 Å². The molecule has 0 aliphatic carbocycles. The van der Waals surface area contributed by atoms with Crippen LogP contribution >= 0.6 is 0 Å². The van der Waals surface area contributed by atoms with Crippen molar-refractivity contribution in [2.45, 2.75) is 44.2 Å². The van der Waals surface area contributed by atoms with Crippen LogP contribution in [0.25, 0.3) is 11.3 Å². The molecule has 1 aliphatic rings. The minimum atomic E-state index is -2.74. The van der Waals surface area contributed by atoms with Crippen LogP contribution in [-0.2, 0) is 20.9 Å². The number of likely N-dealkylation sites (N-methyl/N-ethyl adjacent to an activating group) is 1. The molecule has 2 heterocycles. The van der Waals surface area contributed by atoms with E-state index in [0.29, 0.717) is 0 Å². The quantitative estimate of drug-likeness (QED) is 0.275. The fourth-order valence-electron chi connectivity index (χ4n) is 4.04. The Labute approximate surface area is 215 Å². The average molecular weight is 521 g/mol. The number of ether oxygens (including phenoxy) is 1. The van der Waals surface area contributed by atoms with Crippen molar-refractivity contribution in [2.75, 3.05) is 40.3 Å². The lowest BCUT2D eigenvalue weighted by Gasteiger charge is -2.28. The number of carboxylic acid groups (broad SMARTS) is 3. The Morgan fingerprint density at radius 1 is 1.11 bits per heavy atom. The van der Waals surface area contributed by atoms with Gasteiger partial charge in [-0.25, -0.2) is 4.79 Å². The fourth-order valence-corrected chi connectivity index (χ4v) is 4.04. The number of aliphatic carboxylic acids is 3. The fraction of sp³-hybridized carbons (Fsp3) is 0.520. The second kappa shape index (κ2) is 14.3. The van der Waals surface area contributed by atoms with E-state index in [2.05, 4.69) is 33.1 Å². The first kappa shape index (κ1) is 29.7. The number of rotatable bonds is 12. The first-order valence-corrected chi connectivity index (χ1v) is 12.0. The molecule has 3 rings (SSSR count). The van der Waals surface area contributed by atoms with Crippen LogP contribution in [0.5, 0.6) is 5.75 Å². The molecule has 0 spiro atoms. The Morgan fingerprint density at radius 3 is 2.32 bits per heavy atom. The van der Waals surface area contributed by atoms with Crippen LogP contribution in [0.15, 0.2) is 30.5 Å². The number of methoxy groups -OCH3 is 1. The van der Waals surface area contributed by atoms with Gasteiger partial charge >= 0.3 is 17.9 Å². The van der Waals surface area contributed by atoms with Crippen LogP contribution in [0.1, 0.15) is 37.7 Å². The first-order valence-electron chi connectivity index (χ1n) is 12.0. The molecular formula is C25H36N4O8. The summed E-state index contributed by atoms with van der Waals surface area (Å²) in [6.45, 7) is 5.66. The van der Waals surface area contributed by atoms with Gasteiger partial charge < -0.3 is 35.0 Å². The molecule has 1 aliphatic heterocycles. The Balaban J connectivity index is 0.000000317. The third-order valence-corrected chi connectivity index (χ3v) is 6.05. The van der Waals surface area contributed by atoms with Crippen molar-refractivity contribution in [3.05, 3.63) is 36.0 Å². The van der Waals surface area contributed by atoms with E-state index >= 15 is 0 Å². The van der Waals surface area contributed by atoms with Gasteiger partial charge in [0.1, 0.15) is 5.75 Å². The lowest BCUT2D eigenvalue weighted by Crippen LogP contribution is -2.42.